The predicted octanol–water partition coefficient (Wildman–Crippen LogP) is 2.20. The van der Waals surface area contributed by atoms with Gasteiger partial charge in [0, 0.05) is 0 Å². The van der Waals surface area contributed by atoms with E-state index in [2.05, 4.69) is 21.9 Å². The molecule has 2 aliphatic rings. The Morgan fingerprint density at radius 2 is 1.77 bits per heavy atom. The van der Waals surface area contributed by atoms with Crippen LogP contribution in [0.25, 0.3) is 0 Å². The molecule has 2 rings (SSSR count). The van der Waals surface area contributed by atoms with Crippen molar-refractivity contribution in [1.29, 1.82) is 0 Å². The maximum atomic E-state index is 10.8. The zero-order valence-electron chi connectivity index (χ0n) is 12.8. The maximum absolute atomic E-state index is 10.8. The van der Waals surface area contributed by atoms with Gasteiger partial charge in [0.05, 0.1) is 19.1 Å². The van der Waals surface area contributed by atoms with E-state index in [9.17, 15) is 14.4 Å². The van der Waals surface area contributed by atoms with Gasteiger partial charge in [0.1, 0.15) is 0 Å². The minimum Gasteiger partial charge on any atom is -0.211 e. The lowest BCUT2D eigenvalue weighted by Crippen LogP contribution is -2.39. The number of isocyanates is 3. The van der Waals surface area contributed by atoms with Gasteiger partial charge in [-0.1, -0.05) is 6.92 Å². The van der Waals surface area contributed by atoms with Gasteiger partial charge in [-0.05, 0) is 55.3 Å². The Balaban J connectivity index is 2.06. The Morgan fingerprint density at radius 3 is 2.45 bits per heavy atom. The van der Waals surface area contributed by atoms with Crippen molar-refractivity contribution in [3.63, 3.8) is 0 Å². The van der Waals surface area contributed by atoms with Crippen LogP contribution < -0.4 is 0 Å². The maximum Gasteiger partial charge on any atom is 0.235 e. The van der Waals surface area contributed by atoms with Crippen molar-refractivity contribution in [1.82, 2.24) is 0 Å². The molecule has 0 heterocycles. The standard InChI is InChI=1S/C16H21N3O3/c1-16-8-12(7-13(16)4-6-18-10-21)14(15(16)19-11-22)3-2-5-17-9-20/h12-15H,2-8H2,1H3. The minimum absolute atomic E-state index is 0.0148. The fourth-order valence-corrected chi connectivity index (χ4v) is 4.74. The molecule has 22 heavy (non-hydrogen) atoms. The van der Waals surface area contributed by atoms with Crippen LogP contribution in [0, 0.1) is 23.2 Å². The molecule has 2 aliphatic carbocycles. The normalized spacial score (nSPS) is 35.3. The van der Waals surface area contributed by atoms with E-state index in [4.69, 9.17) is 0 Å². The molecular weight excluding hydrogens is 282 g/mol. The number of hydrogen-bond donors (Lipinski definition) is 0. The number of fused-ring (bicyclic) bond motifs is 2. The number of rotatable bonds is 8. The van der Waals surface area contributed by atoms with Crippen molar-refractivity contribution < 1.29 is 14.4 Å². The lowest BCUT2D eigenvalue weighted by atomic mass is 9.67. The van der Waals surface area contributed by atoms with Gasteiger partial charge in [-0.3, -0.25) is 0 Å². The zero-order chi connectivity index (χ0) is 16.0. The van der Waals surface area contributed by atoms with E-state index in [0.717, 1.165) is 32.1 Å². The molecule has 5 unspecified atom stereocenters. The van der Waals surface area contributed by atoms with Crippen LogP contribution in [0.3, 0.4) is 0 Å². The lowest BCUT2D eigenvalue weighted by Gasteiger charge is -2.39. The van der Waals surface area contributed by atoms with Crippen LogP contribution in [0.2, 0.25) is 0 Å². The Kier molecular flexibility index (Phi) is 5.57. The van der Waals surface area contributed by atoms with Crippen molar-refractivity contribution in [3.05, 3.63) is 0 Å². The Bertz CT molecular complexity index is 545. The van der Waals surface area contributed by atoms with Gasteiger partial charge in [-0.15, -0.1) is 0 Å². The molecule has 2 fully saturated rings. The monoisotopic (exact) mass is 303 g/mol. The second-order valence-corrected chi connectivity index (χ2v) is 6.61. The van der Waals surface area contributed by atoms with Gasteiger partial charge < -0.3 is 0 Å². The fraction of sp³-hybridized carbons (Fsp3) is 0.812. The van der Waals surface area contributed by atoms with Crippen LogP contribution in [0.15, 0.2) is 15.0 Å². The summed E-state index contributed by atoms with van der Waals surface area (Å²) in [5.74, 6) is 1.33. The van der Waals surface area contributed by atoms with Crippen LogP contribution in [-0.4, -0.2) is 37.4 Å². The van der Waals surface area contributed by atoms with E-state index in [1.54, 1.807) is 18.2 Å². The summed E-state index contributed by atoms with van der Waals surface area (Å²) in [6.07, 6.45) is 9.60. The number of hydrogen-bond acceptors (Lipinski definition) is 6. The molecule has 6 nitrogen and oxygen atoms in total. The third-order valence-electron chi connectivity index (χ3n) is 5.63. The predicted molar refractivity (Wildman–Crippen MR) is 79.5 cm³/mol. The highest BCUT2D eigenvalue weighted by molar-refractivity contribution is 5.35. The van der Waals surface area contributed by atoms with Crippen LogP contribution >= 0.6 is 0 Å². The molecule has 0 spiro atoms. The topological polar surface area (TPSA) is 88.3 Å². The molecule has 0 saturated heterocycles. The SMILES string of the molecule is CC12CC(CC1CCN=C=O)C(CCCN=C=O)C2N=C=O. The minimum atomic E-state index is -0.0193. The summed E-state index contributed by atoms with van der Waals surface area (Å²) < 4.78 is 0. The number of aliphatic imine (C=N–C) groups is 3. The van der Waals surface area contributed by atoms with Crippen molar-refractivity contribution in [2.75, 3.05) is 13.1 Å². The molecule has 0 aromatic heterocycles. The third-order valence-corrected chi connectivity index (χ3v) is 5.63. The van der Waals surface area contributed by atoms with E-state index in [1.165, 1.54) is 0 Å². The smallest absolute Gasteiger partial charge is 0.211 e. The third kappa shape index (κ3) is 3.15. The van der Waals surface area contributed by atoms with Gasteiger partial charge in [-0.2, -0.15) is 0 Å². The molecule has 6 heteroatoms. The Morgan fingerprint density at radius 1 is 1.05 bits per heavy atom. The van der Waals surface area contributed by atoms with Crippen LogP contribution in [0.5, 0.6) is 0 Å². The summed E-state index contributed by atoms with van der Waals surface area (Å²) in [5.41, 5.74) is -0.0148. The molecular formula is C16H21N3O3. The second kappa shape index (κ2) is 7.42. The first-order valence-corrected chi connectivity index (χ1v) is 7.81. The zero-order valence-corrected chi connectivity index (χ0v) is 12.8. The van der Waals surface area contributed by atoms with Crippen molar-refractivity contribution in [2.24, 2.45) is 38.1 Å². The quantitative estimate of drug-likeness (QED) is 0.391. The first kappa shape index (κ1) is 16.5. The molecule has 5 atom stereocenters. The second-order valence-electron chi connectivity index (χ2n) is 6.61. The van der Waals surface area contributed by atoms with Crippen molar-refractivity contribution in [2.45, 2.75) is 45.1 Å². The highest BCUT2D eigenvalue weighted by atomic mass is 16.1. The van der Waals surface area contributed by atoms with Crippen LogP contribution in [0.4, 0.5) is 0 Å². The van der Waals surface area contributed by atoms with Gasteiger partial charge in [0.2, 0.25) is 18.2 Å². The van der Waals surface area contributed by atoms with E-state index in [-0.39, 0.29) is 11.5 Å². The first-order valence-electron chi connectivity index (χ1n) is 7.81. The summed E-state index contributed by atoms with van der Waals surface area (Å²) in [4.78, 5) is 42.5. The summed E-state index contributed by atoms with van der Waals surface area (Å²) >= 11 is 0. The summed E-state index contributed by atoms with van der Waals surface area (Å²) in [6, 6.07) is -0.0193. The van der Waals surface area contributed by atoms with Gasteiger partial charge in [-0.25, -0.2) is 29.4 Å². The average molecular weight is 303 g/mol. The highest BCUT2D eigenvalue weighted by Gasteiger charge is 2.59. The van der Waals surface area contributed by atoms with E-state index < -0.39 is 0 Å². The largest absolute Gasteiger partial charge is 0.235 e. The molecule has 0 N–H and O–H groups in total. The Labute approximate surface area is 129 Å². The lowest BCUT2D eigenvalue weighted by molar-refractivity contribution is 0.126. The molecule has 0 aliphatic heterocycles. The van der Waals surface area contributed by atoms with E-state index in [0.29, 0.717) is 30.8 Å². The molecule has 0 amide bonds. The first-order chi connectivity index (χ1) is 10.7. The van der Waals surface area contributed by atoms with Crippen molar-refractivity contribution in [3.8, 4) is 0 Å². The Hall–Kier alpha value is -1.86. The molecule has 118 valence electrons. The fourth-order valence-electron chi connectivity index (χ4n) is 4.74. The summed E-state index contributed by atoms with van der Waals surface area (Å²) in [7, 11) is 0. The molecule has 0 aromatic rings. The van der Waals surface area contributed by atoms with E-state index >= 15 is 0 Å². The van der Waals surface area contributed by atoms with Crippen LogP contribution in [0.1, 0.15) is 39.0 Å². The summed E-state index contributed by atoms with van der Waals surface area (Å²) in [5, 5.41) is 0. The number of carbonyl (C=O) groups excluding carboxylic acids is 3. The molecule has 2 bridgehead atoms. The van der Waals surface area contributed by atoms with Gasteiger partial charge in [0.15, 0.2) is 0 Å². The van der Waals surface area contributed by atoms with Crippen molar-refractivity contribution >= 4 is 18.2 Å². The molecule has 0 radical (unpaired) electrons. The van der Waals surface area contributed by atoms with Crippen LogP contribution in [-0.2, 0) is 14.4 Å². The average Bonchev–Trinajstić information content (AvgIpc) is 2.96. The molecule has 0 aromatic carbocycles. The van der Waals surface area contributed by atoms with E-state index in [1.807, 2.05) is 0 Å². The van der Waals surface area contributed by atoms with Gasteiger partial charge >= 0.3 is 0 Å². The number of nitrogens with zero attached hydrogens (tertiary/aromatic N) is 3. The molecule has 2 saturated carbocycles. The highest BCUT2D eigenvalue weighted by Crippen LogP contribution is 2.62. The summed E-state index contributed by atoms with van der Waals surface area (Å²) in [6.45, 7) is 3.17. The van der Waals surface area contributed by atoms with Gasteiger partial charge in [0.25, 0.3) is 0 Å².